The SMILES string of the molecule is CC(=O)Nc1ccc(CNC(=O)c2cc(C)c(Br)s2)cc1. The molecule has 0 aliphatic heterocycles. The summed E-state index contributed by atoms with van der Waals surface area (Å²) in [5.41, 5.74) is 2.78. The molecule has 2 N–H and O–H groups in total. The zero-order valence-corrected chi connectivity index (χ0v) is 14.1. The van der Waals surface area contributed by atoms with Crippen LogP contribution in [0.4, 0.5) is 5.69 Å². The summed E-state index contributed by atoms with van der Waals surface area (Å²) >= 11 is 4.84. The molecule has 6 heteroatoms. The Bertz CT molecular complexity index is 645. The fourth-order valence-corrected chi connectivity index (χ4v) is 3.20. The van der Waals surface area contributed by atoms with Crippen LogP contribution in [0.2, 0.25) is 0 Å². The van der Waals surface area contributed by atoms with Crippen LogP contribution in [-0.4, -0.2) is 11.8 Å². The van der Waals surface area contributed by atoms with E-state index in [4.69, 9.17) is 0 Å². The van der Waals surface area contributed by atoms with Gasteiger partial charge in [0, 0.05) is 19.2 Å². The molecule has 2 rings (SSSR count). The van der Waals surface area contributed by atoms with Crippen molar-refractivity contribution >= 4 is 44.8 Å². The second kappa shape index (κ2) is 6.87. The zero-order chi connectivity index (χ0) is 15.4. The Labute approximate surface area is 135 Å². The average Bonchev–Trinajstić information content (AvgIpc) is 2.77. The van der Waals surface area contributed by atoms with Gasteiger partial charge in [-0.15, -0.1) is 11.3 Å². The Morgan fingerprint density at radius 2 is 1.90 bits per heavy atom. The predicted molar refractivity (Wildman–Crippen MR) is 88.7 cm³/mol. The summed E-state index contributed by atoms with van der Waals surface area (Å²) in [7, 11) is 0. The molecule has 0 saturated carbocycles. The molecule has 0 spiro atoms. The van der Waals surface area contributed by atoms with Crippen LogP contribution in [0.5, 0.6) is 0 Å². The summed E-state index contributed by atoms with van der Waals surface area (Å²) in [6.07, 6.45) is 0. The highest BCUT2D eigenvalue weighted by atomic mass is 79.9. The van der Waals surface area contributed by atoms with Crippen molar-refractivity contribution in [2.75, 3.05) is 5.32 Å². The van der Waals surface area contributed by atoms with Gasteiger partial charge in [0.05, 0.1) is 8.66 Å². The monoisotopic (exact) mass is 366 g/mol. The van der Waals surface area contributed by atoms with Crippen LogP contribution in [0.15, 0.2) is 34.1 Å². The molecule has 2 amide bonds. The first-order valence-electron chi connectivity index (χ1n) is 6.36. The number of anilines is 1. The van der Waals surface area contributed by atoms with Gasteiger partial charge in [0.15, 0.2) is 0 Å². The van der Waals surface area contributed by atoms with Crippen LogP contribution >= 0.6 is 27.3 Å². The maximum atomic E-state index is 12.0. The summed E-state index contributed by atoms with van der Waals surface area (Å²) < 4.78 is 0.979. The standard InChI is InChI=1S/C15H15BrN2O2S/c1-9-7-13(21-14(9)16)15(20)17-8-11-3-5-12(6-4-11)18-10(2)19/h3-7H,8H2,1-2H3,(H,17,20)(H,18,19). The van der Waals surface area contributed by atoms with Crippen molar-refractivity contribution in [3.8, 4) is 0 Å². The third-order valence-electron chi connectivity index (χ3n) is 2.81. The fraction of sp³-hybridized carbons (Fsp3) is 0.200. The van der Waals surface area contributed by atoms with Gasteiger partial charge in [-0.1, -0.05) is 12.1 Å². The third kappa shape index (κ3) is 4.41. The molecular formula is C15H15BrN2O2S. The van der Waals surface area contributed by atoms with Crippen LogP contribution < -0.4 is 10.6 Å². The van der Waals surface area contributed by atoms with Crippen molar-refractivity contribution in [2.24, 2.45) is 0 Å². The number of halogens is 1. The smallest absolute Gasteiger partial charge is 0.261 e. The molecule has 1 heterocycles. The lowest BCUT2D eigenvalue weighted by Gasteiger charge is -2.06. The highest BCUT2D eigenvalue weighted by Crippen LogP contribution is 2.27. The largest absolute Gasteiger partial charge is 0.347 e. The first-order chi connectivity index (χ1) is 9.95. The fourth-order valence-electron chi connectivity index (χ4n) is 1.75. The molecule has 2 aromatic rings. The molecular weight excluding hydrogens is 352 g/mol. The number of hydrogen-bond donors (Lipinski definition) is 2. The lowest BCUT2D eigenvalue weighted by Crippen LogP contribution is -2.21. The van der Waals surface area contributed by atoms with E-state index in [2.05, 4.69) is 26.6 Å². The molecule has 1 aromatic carbocycles. The Morgan fingerprint density at radius 1 is 1.24 bits per heavy atom. The van der Waals surface area contributed by atoms with Crippen LogP contribution in [0.25, 0.3) is 0 Å². The number of carbonyl (C=O) groups excluding carboxylic acids is 2. The van der Waals surface area contributed by atoms with Crippen molar-refractivity contribution in [3.63, 3.8) is 0 Å². The molecule has 110 valence electrons. The van der Waals surface area contributed by atoms with E-state index in [0.717, 1.165) is 20.6 Å². The number of aryl methyl sites for hydroxylation is 1. The molecule has 0 aliphatic carbocycles. The average molecular weight is 367 g/mol. The highest BCUT2D eigenvalue weighted by molar-refractivity contribution is 9.11. The number of carbonyl (C=O) groups is 2. The Kier molecular flexibility index (Phi) is 5.14. The van der Waals surface area contributed by atoms with Gasteiger partial charge < -0.3 is 10.6 Å². The van der Waals surface area contributed by atoms with Gasteiger partial charge >= 0.3 is 0 Å². The molecule has 0 aliphatic rings. The first kappa shape index (κ1) is 15.7. The van der Waals surface area contributed by atoms with E-state index in [-0.39, 0.29) is 11.8 Å². The second-order valence-electron chi connectivity index (χ2n) is 4.63. The third-order valence-corrected chi connectivity index (χ3v) is 4.94. The summed E-state index contributed by atoms with van der Waals surface area (Å²) in [5.74, 6) is -0.186. The molecule has 0 atom stereocenters. The summed E-state index contributed by atoms with van der Waals surface area (Å²) in [5, 5.41) is 5.58. The molecule has 0 fully saturated rings. The number of benzene rings is 1. The minimum absolute atomic E-state index is 0.0836. The van der Waals surface area contributed by atoms with E-state index < -0.39 is 0 Å². The van der Waals surface area contributed by atoms with E-state index in [0.29, 0.717) is 11.4 Å². The van der Waals surface area contributed by atoms with Gasteiger partial charge in [-0.3, -0.25) is 9.59 Å². The lowest BCUT2D eigenvalue weighted by molar-refractivity contribution is -0.114. The van der Waals surface area contributed by atoms with Gasteiger partial charge in [0.2, 0.25) is 5.91 Å². The van der Waals surface area contributed by atoms with E-state index in [1.54, 1.807) is 0 Å². The molecule has 0 unspecified atom stereocenters. The number of rotatable bonds is 4. The van der Waals surface area contributed by atoms with E-state index in [1.165, 1.54) is 18.3 Å². The molecule has 21 heavy (non-hydrogen) atoms. The first-order valence-corrected chi connectivity index (χ1v) is 7.97. The second-order valence-corrected chi connectivity index (χ2v) is 7.00. The summed E-state index contributed by atoms with van der Waals surface area (Å²) in [4.78, 5) is 23.6. The Morgan fingerprint density at radius 3 is 2.43 bits per heavy atom. The molecule has 0 bridgehead atoms. The molecule has 0 saturated heterocycles. The normalized spacial score (nSPS) is 10.2. The van der Waals surface area contributed by atoms with Crippen molar-refractivity contribution in [1.29, 1.82) is 0 Å². The predicted octanol–water partition coefficient (Wildman–Crippen LogP) is 3.71. The minimum atomic E-state index is -0.102. The van der Waals surface area contributed by atoms with Crippen molar-refractivity contribution in [2.45, 2.75) is 20.4 Å². The van der Waals surface area contributed by atoms with Crippen LogP contribution in [-0.2, 0) is 11.3 Å². The number of hydrogen-bond acceptors (Lipinski definition) is 3. The minimum Gasteiger partial charge on any atom is -0.347 e. The van der Waals surface area contributed by atoms with Gasteiger partial charge in [0.25, 0.3) is 5.91 Å². The maximum absolute atomic E-state index is 12.0. The number of amides is 2. The maximum Gasteiger partial charge on any atom is 0.261 e. The van der Waals surface area contributed by atoms with Crippen molar-refractivity contribution in [3.05, 3.63) is 50.1 Å². The van der Waals surface area contributed by atoms with Crippen molar-refractivity contribution < 1.29 is 9.59 Å². The molecule has 0 radical (unpaired) electrons. The summed E-state index contributed by atoms with van der Waals surface area (Å²) in [6, 6.07) is 9.25. The quantitative estimate of drug-likeness (QED) is 0.866. The lowest BCUT2D eigenvalue weighted by atomic mass is 10.2. The summed E-state index contributed by atoms with van der Waals surface area (Å²) in [6.45, 7) is 3.88. The van der Waals surface area contributed by atoms with Gasteiger partial charge in [0.1, 0.15) is 0 Å². The van der Waals surface area contributed by atoms with Gasteiger partial charge in [-0.2, -0.15) is 0 Å². The molecule has 1 aromatic heterocycles. The van der Waals surface area contributed by atoms with E-state index in [1.807, 2.05) is 37.3 Å². The molecule has 4 nitrogen and oxygen atoms in total. The van der Waals surface area contributed by atoms with Gasteiger partial charge in [-0.05, 0) is 52.2 Å². The van der Waals surface area contributed by atoms with Gasteiger partial charge in [-0.25, -0.2) is 0 Å². The van der Waals surface area contributed by atoms with E-state index >= 15 is 0 Å². The Hall–Kier alpha value is -1.66. The Balaban J connectivity index is 1.93. The number of thiophene rings is 1. The topological polar surface area (TPSA) is 58.2 Å². The van der Waals surface area contributed by atoms with Crippen LogP contribution in [0, 0.1) is 6.92 Å². The highest BCUT2D eigenvalue weighted by Gasteiger charge is 2.10. The number of nitrogens with one attached hydrogen (secondary N) is 2. The van der Waals surface area contributed by atoms with Crippen LogP contribution in [0.3, 0.4) is 0 Å². The van der Waals surface area contributed by atoms with Crippen molar-refractivity contribution in [1.82, 2.24) is 5.32 Å². The zero-order valence-electron chi connectivity index (χ0n) is 11.7. The van der Waals surface area contributed by atoms with Crippen LogP contribution in [0.1, 0.15) is 27.7 Å². The van der Waals surface area contributed by atoms with E-state index in [9.17, 15) is 9.59 Å².